The topological polar surface area (TPSA) is 59.5 Å². The first-order valence-electron chi connectivity index (χ1n) is 10.1. The van der Waals surface area contributed by atoms with E-state index in [1.807, 2.05) is 25.1 Å². The molecule has 164 valence electrons. The number of halogens is 1. The Bertz CT molecular complexity index is 1150. The smallest absolute Gasteiger partial charge is 0.187 e. The van der Waals surface area contributed by atoms with Crippen LogP contribution in [0.2, 0.25) is 0 Å². The lowest BCUT2D eigenvalue weighted by atomic mass is 10.1. The van der Waals surface area contributed by atoms with Crippen molar-refractivity contribution in [2.45, 2.75) is 43.1 Å². The van der Waals surface area contributed by atoms with Gasteiger partial charge >= 0.3 is 0 Å². The average Bonchev–Trinajstić information content (AvgIpc) is 3.34. The van der Waals surface area contributed by atoms with Crippen LogP contribution in [0.25, 0.3) is 0 Å². The average molecular weight is 461 g/mol. The van der Waals surface area contributed by atoms with E-state index < -0.39 is 21.3 Å². The molecule has 0 bridgehead atoms. The van der Waals surface area contributed by atoms with Crippen LogP contribution in [-0.4, -0.2) is 37.0 Å². The summed E-state index contributed by atoms with van der Waals surface area (Å²) in [6, 6.07) is 12.8. The Morgan fingerprint density at radius 1 is 1.26 bits per heavy atom. The van der Waals surface area contributed by atoms with E-state index in [1.165, 1.54) is 29.0 Å². The van der Waals surface area contributed by atoms with Gasteiger partial charge < -0.3 is 4.74 Å². The van der Waals surface area contributed by atoms with Gasteiger partial charge in [0.1, 0.15) is 22.1 Å². The highest BCUT2D eigenvalue weighted by molar-refractivity contribution is 7.90. The molecule has 1 atom stereocenters. The summed E-state index contributed by atoms with van der Waals surface area (Å²) in [6.07, 6.45) is 0.810. The fraction of sp³-hybridized carbons (Fsp3) is 0.348. The van der Waals surface area contributed by atoms with Crippen LogP contribution in [0.4, 0.5) is 4.39 Å². The monoisotopic (exact) mass is 460 g/mol. The van der Waals surface area contributed by atoms with Crippen LogP contribution in [0.15, 0.2) is 58.3 Å². The molecule has 1 aliphatic heterocycles. The highest BCUT2D eigenvalue weighted by atomic mass is 32.2. The lowest BCUT2D eigenvalue weighted by Gasteiger charge is -2.27. The summed E-state index contributed by atoms with van der Waals surface area (Å²) in [5.41, 5.74) is 3.35. The van der Waals surface area contributed by atoms with Gasteiger partial charge in [-0.05, 0) is 31.0 Å². The van der Waals surface area contributed by atoms with Crippen LogP contribution in [0.1, 0.15) is 30.2 Å². The van der Waals surface area contributed by atoms with Crippen molar-refractivity contribution in [3.8, 4) is 5.75 Å². The zero-order valence-electron chi connectivity index (χ0n) is 17.5. The second kappa shape index (κ2) is 8.68. The van der Waals surface area contributed by atoms with Gasteiger partial charge in [-0.25, -0.2) is 17.8 Å². The number of hydrogen-bond donors (Lipinski definition) is 0. The molecule has 4 rings (SSSR count). The molecule has 0 radical (unpaired) electrons. The van der Waals surface area contributed by atoms with Crippen molar-refractivity contribution in [2.75, 3.05) is 13.1 Å². The van der Waals surface area contributed by atoms with Gasteiger partial charge in [0.2, 0.25) is 0 Å². The molecule has 0 unspecified atom stereocenters. The van der Waals surface area contributed by atoms with E-state index in [0.29, 0.717) is 23.6 Å². The van der Waals surface area contributed by atoms with Crippen LogP contribution in [0, 0.1) is 12.7 Å². The standard InChI is InChI=1S/C23H25FN2O3S2/c1-17-10-22(31(27,28)14-19-13-30-16-25-19)20(24)11-21(17)29-23(2)8-9-26(15-23)12-18-6-4-3-5-7-18/h3-7,10-11,13,16H,8-9,12,14-15H2,1-2H3/t23-/m0/s1. The molecule has 31 heavy (non-hydrogen) atoms. The lowest BCUT2D eigenvalue weighted by Crippen LogP contribution is -2.36. The SMILES string of the molecule is Cc1cc(S(=O)(=O)Cc2cscn2)c(F)cc1O[C@@]1(C)CCN(Cc2ccccc2)C1. The number of aromatic nitrogens is 1. The van der Waals surface area contributed by atoms with E-state index in [9.17, 15) is 12.8 Å². The molecule has 1 fully saturated rings. The number of aryl methyl sites for hydroxylation is 1. The Kier molecular flexibility index (Phi) is 6.14. The van der Waals surface area contributed by atoms with Crippen LogP contribution in [0.5, 0.6) is 5.75 Å². The molecule has 5 nitrogen and oxygen atoms in total. The number of rotatable bonds is 7. The molecular formula is C23H25FN2O3S2. The first-order chi connectivity index (χ1) is 14.7. The highest BCUT2D eigenvalue weighted by Crippen LogP contribution is 2.33. The highest BCUT2D eigenvalue weighted by Gasteiger charge is 2.36. The molecule has 3 aromatic rings. The molecule has 2 heterocycles. The van der Waals surface area contributed by atoms with Gasteiger partial charge in [-0.2, -0.15) is 0 Å². The number of nitrogens with zero attached hydrogens (tertiary/aromatic N) is 2. The molecule has 0 amide bonds. The Morgan fingerprint density at radius 3 is 2.74 bits per heavy atom. The normalized spacial score (nSPS) is 19.6. The van der Waals surface area contributed by atoms with Crippen molar-refractivity contribution in [1.82, 2.24) is 9.88 Å². The lowest BCUT2D eigenvalue weighted by molar-refractivity contribution is 0.0936. The third-order valence-electron chi connectivity index (χ3n) is 5.51. The van der Waals surface area contributed by atoms with Crippen LogP contribution in [-0.2, 0) is 22.1 Å². The van der Waals surface area contributed by atoms with Crippen LogP contribution < -0.4 is 4.74 Å². The number of thiazole rings is 1. The summed E-state index contributed by atoms with van der Waals surface area (Å²) in [5.74, 6) is -0.730. The summed E-state index contributed by atoms with van der Waals surface area (Å²) < 4.78 is 46.4. The van der Waals surface area contributed by atoms with Gasteiger partial charge in [-0.1, -0.05) is 30.3 Å². The first kappa shape index (κ1) is 21.9. The van der Waals surface area contributed by atoms with Crippen molar-refractivity contribution in [1.29, 1.82) is 0 Å². The van der Waals surface area contributed by atoms with Gasteiger partial charge in [-0.15, -0.1) is 11.3 Å². The predicted octanol–water partition coefficient (Wildman–Crippen LogP) is 4.61. The number of likely N-dealkylation sites (tertiary alicyclic amines) is 1. The van der Waals surface area contributed by atoms with Crippen LogP contribution >= 0.6 is 11.3 Å². The van der Waals surface area contributed by atoms with Gasteiger partial charge in [-0.3, -0.25) is 4.90 Å². The van der Waals surface area contributed by atoms with Gasteiger partial charge in [0.25, 0.3) is 0 Å². The minimum Gasteiger partial charge on any atom is -0.486 e. The van der Waals surface area contributed by atoms with Gasteiger partial charge in [0.15, 0.2) is 9.84 Å². The van der Waals surface area contributed by atoms with Crippen molar-refractivity contribution in [3.63, 3.8) is 0 Å². The number of ether oxygens (including phenoxy) is 1. The number of sulfone groups is 1. The molecule has 0 spiro atoms. The van der Waals surface area contributed by atoms with E-state index in [4.69, 9.17) is 4.74 Å². The summed E-state index contributed by atoms with van der Waals surface area (Å²) in [5, 5.41) is 1.65. The number of hydrogen-bond acceptors (Lipinski definition) is 6. The zero-order valence-corrected chi connectivity index (χ0v) is 19.2. The Labute approximate surface area is 186 Å². The minimum atomic E-state index is -3.83. The van der Waals surface area contributed by atoms with Crippen molar-refractivity contribution >= 4 is 21.2 Å². The molecule has 0 N–H and O–H groups in total. The second-order valence-corrected chi connectivity index (χ2v) is 11.0. The van der Waals surface area contributed by atoms with Gasteiger partial charge in [0.05, 0.1) is 17.0 Å². The molecular weight excluding hydrogens is 435 g/mol. The quantitative estimate of drug-likeness (QED) is 0.515. The Balaban J connectivity index is 1.48. The summed E-state index contributed by atoms with van der Waals surface area (Å²) in [7, 11) is -3.83. The summed E-state index contributed by atoms with van der Waals surface area (Å²) >= 11 is 1.31. The fourth-order valence-electron chi connectivity index (χ4n) is 3.92. The van der Waals surface area contributed by atoms with Crippen molar-refractivity contribution in [2.24, 2.45) is 0 Å². The third kappa shape index (κ3) is 5.14. The molecule has 1 aromatic heterocycles. The largest absolute Gasteiger partial charge is 0.486 e. The molecule has 8 heteroatoms. The Hall–Kier alpha value is -2.29. The van der Waals surface area contributed by atoms with Crippen molar-refractivity contribution in [3.05, 3.63) is 76.0 Å². The molecule has 1 aliphatic rings. The molecule has 0 saturated carbocycles. The maximum atomic E-state index is 14.8. The number of benzene rings is 2. The predicted molar refractivity (Wildman–Crippen MR) is 120 cm³/mol. The third-order valence-corrected chi connectivity index (χ3v) is 7.80. The summed E-state index contributed by atoms with van der Waals surface area (Å²) in [4.78, 5) is 6.00. The van der Waals surface area contributed by atoms with Crippen LogP contribution in [0.3, 0.4) is 0 Å². The second-order valence-electron chi connectivity index (χ2n) is 8.29. The maximum Gasteiger partial charge on any atom is 0.187 e. The summed E-state index contributed by atoms with van der Waals surface area (Å²) in [6.45, 7) is 6.19. The van der Waals surface area contributed by atoms with Crippen molar-refractivity contribution < 1.29 is 17.5 Å². The Morgan fingerprint density at radius 2 is 2.03 bits per heavy atom. The molecule has 1 saturated heterocycles. The minimum absolute atomic E-state index is 0.312. The van der Waals surface area contributed by atoms with E-state index in [-0.39, 0.29) is 10.6 Å². The fourth-order valence-corrected chi connectivity index (χ4v) is 6.00. The van der Waals surface area contributed by atoms with E-state index in [2.05, 4.69) is 22.0 Å². The van der Waals surface area contributed by atoms with E-state index in [1.54, 1.807) is 17.8 Å². The first-order valence-corrected chi connectivity index (χ1v) is 12.7. The molecule has 2 aromatic carbocycles. The molecule has 0 aliphatic carbocycles. The zero-order chi connectivity index (χ0) is 22.1. The van der Waals surface area contributed by atoms with Gasteiger partial charge in [0, 0.05) is 37.5 Å². The maximum absolute atomic E-state index is 14.8. The van der Waals surface area contributed by atoms with E-state index in [0.717, 1.165) is 19.5 Å². The van der Waals surface area contributed by atoms with E-state index >= 15 is 0 Å².